The third kappa shape index (κ3) is 5.69. The fraction of sp³-hybridized carbons (Fsp3) is 0.333. The number of fused-ring (bicyclic) bond motifs is 1. The predicted octanol–water partition coefficient (Wildman–Crippen LogP) is 2.24. The fourth-order valence-electron chi connectivity index (χ4n) is 6.13. The van der Waals surface area contributed by atoms with Gasteiger partial charge in [0.15, 0.2) is 29.0 Å². The molecular formula is C33H35N7O6. The fourth-order valence-corrected chi connectivity index (χ4v) is 6.13. The second-order valence-electron chi connectivity index (χ2n) is 11.4. The number of nitrogens with zero attached hydrogens (tertiary/aromatic N) is 6. The number of furan rings is 1. The Hall–Kier alpha value is -4.82. The summed E-state index contributed by atoms with van der Waals surface area (Å²) < 4.78 is 12.7. The highest BCUT2D eigenvalue weighted by Gasteiger charge is 2.44. The summed E-state index contributed by atoms with van der Waals surface area (Å²) in [6, 6.07) is 23.8. The number of piperazine rings is 1. The Kier molecular flexibility index (Phi) is 8.37. The molecule has 0 unspecified atom stereocenters. The van der Waals surface area contributed by atoms with Gasteiger partial charge in [-0.15, -0.1) is 0 Å². The van der Waals surface area contributed by atoms with Gasteiger partial charge in [0.1, 0.15) is 18.3 Å². The van der Waals surface area contributed by atoms with Crippen molar-refractivity contribution in [2.24, 2.45) is 0 Å². The largest absolute Gasteiger partial charge is 0.459 e. The zero-order valence-electron chi connectivity index (χ0n) is 25.0. The van der Waals surface area contributed by atoms with Gasteiger partial charge in [0.25, 0.3) is 5.91 Å². The van der Waals surface area contributed by atoms with Crippen LogP contribution in [0.2, 0.25) is 0 Å². The maximum Gasteiger partial charge on any atom is 0.289 e. The molecule has 13 nitrogen and oxygen atoms in total. The maximum atomic E-state index is 12.9. The van der Waals surface area contributed by atoms with Gasteiger partial charge in [0, 0.05) is 38.6 Å². The lowest BCUT2D eigenvalue weighted by Crippen LogP contribution is -2.49. The van der Waals surface area contributed by atoms with Crippen molar-refractivity contribution in [1.82, 2.24) is 24.4 Å². The van der Waals surface area contributed by atoms with Crippen LogP contribution in [-0.4, -0.2) is 103 Å². The van der Waals surface area contributed by atoms with E-state index in [1.807, 2.05) is 41.3 Å². The molecule has 2 fully saturated rings. The first kappa shape index (κ1) is 29.9. The Bertz CT molecular complexity index is 1720. The SMILES string of the molecule is O=C(c1ccco1)N1CCN(c2nc(NCC(c3ccccc3)c3ccccc3)c3ncn([C@@H]4O[C@H](CO)[C@@H](O)[C@H]4O)c3n2)CC1. The Labute approximate surface area is 264 Å². The number of amides is 1. The lowest BCUT2D eigenvalue weighted by atomic mass is 9.91. The molecule has 2 aliphatic rings. The number of hydrogen-bond donors (Lipinski definition) is 4. The molecule has 0 aliphatic carbocycles. The molecule has 2 aromatic carbocycles. The van der Waals surface area contributed by atoms with Crippen molar-refractivity contribution in [1.29, 1.82) is 0 Å². The van der Waals surface area contributed by atoms with E-state index in [9.17, 15) is 20.1 Å². The standard InChI is InChI=1S/C33H35N7O6/c41-19-25-27(42)28(43)32(46-25)40-20-35-26-29(34-18-23(21-8-3-1-4-9-21)22-10-5-2-6-11-22)36-33(37-30(26)40)39-15-13-38(14-16-39)31(44)24-12-7-17-45-24/h1-12,17,20,23,25,27-28,32,41-43H,13-16,18-19H2,(H,34,36,37)/t25-,27-,28-,32-/m1/s1. The number of hydrogen-bond acceptors (Lipinski definition) is 11. The van der Waals surface area contributed by atoms with Crippen LogP contribution in [0.3, 0.4) is 0 Å². The molecule has 238 valence electrons. The van der Waals surface area contributed by atoms with Crippen LogP contribution in [0.4, 0.5) is 11.8 Å². The van der Waals surface area contributed by atoms with Gasteiger partial charge < -0.3 is 39.6 Å². The molecule has 1 amide bonds. The summed E-state index contributed by atoms with van der Waals surface area (Å²) in [6.45, 7) is 1.91. The van der Waals surface area contributed by atoms with Gasteiger partial charge in [-0.05, 0) is 23.3 Å². The van der Waals surface area contributed by atoms with Gasteiger partial charge in [0.05, 0.1) is 19.2 Å². The highest BCUT2D eigenvalue weighted by Crippen LogP contribution is 2.34. The average molecular weight is 626 g/mol. The number of imidazole rings is 1. The molecule has 2 aliphatic heterocycles. The first-order chi connectivity index (χ1) is 22.5. The highest BCUT2D eigenvalue weighted by atomic mass is 16.6. The number of carbonyl (C=O) groups excluding carboxylic acids is 1. The van der Waals surface area contributed by atoms with Crippen LogP contribution in [0, 0.1) is 0 Å². The molecule has 5 heterocycles. The van der Waals surface area contributed by atoms with Gasteiger partial charge in [-0.2, -0.15) is 9.97 Å². The van der Waals surface area contributed by atoms with Gasteiger partial charge >= 0.3 is 0 Å². The number of ether oxygens (including phenoxy) is 1. The minimum atomic E-state index is -1.30. The number of nitrogens with one attached hydrogen (secondary N) is 1. The maximum absolute atomic E-state index is 12.9. The van der Waals surface area contributed by atoms with Crippen molar-refractivity contribution in [3.05, 3.63) is 102 Å². The van der Waals surface area contributed by atoms with Crippen LogP contribution >= 0.6 is 0 Å². The van der Waals surface area contributed by atoms with Crippen molar-refractivity contribution < 1.29 is 29.3 Å². The number of benzene rings is 2. The number of aromatic nitrogens is 4. The van der Waals surface area contributed by atoms with Crippen LogP contribution in [-0.2, 0) is 4.74 Å². The van der Waals surface area contributed by atoms with E-state index in [4.69, 9.17) is 19.1 Å². The Balaban J connectivity index is 1.22. The zero-order chi connectivity index (χ0) is 31.6. The van der Waals surface area contributed by atoms with E-state index in [0.29, 0.717) is 61.4 Å². The lowest BCUT2D eigenvalue weighted by molar-refractivity contribution is -0.0511. The van der Waals surface area contributed by atoms with E-state index in [0.717, 1.165) is 11.1 Å². The zero-order valence-corrected chi connectivity index (χ0v) is 25.0. The molecule has 3 aromatic heterocycles. The average Bonchev–Trinajstić information content (AvgIpc) is 3.86. The van der Waals surface area contributed by atoms with Crippen molar-refractivity contribution in [3.8, 4) is 0 Å². The highest BCUT2D eigenvalue weighted by molar-refractivity contribution is 5.91. The van der Waals surface area contributed by atoms with E-state index < -0.39 is 31.1 Å². The molecule has 2 saturated heterocycles. The van der Waals surface area contributed by atoms with E-state index in [2.05, 4.69) is 34.6 Å². The predicted molar refractivity (Wildman–Crippen MR) is 168 cm³/mol. The summed E-state index contributed by atoms with van der Waals surface area (Å²) in [5.41, 5.74) is 3.14. The molecular weight excluding hydrogens is 590 g/mol. The molecule has 4 N–H and O–H groups in total. The summed E-state index contributed by atoms with van der Waals surface area (Å²) in [4.78, 5) is 31.0. The number of aliphatic hydroxyl groups excluding tert-OH is 3. The second-order valence-corrected chi connectivity index (χ2v) is 11.4. The normalized spacial score (nSPS) is 21.7. The van der Waals surface area contributed by atoms with E-state index >= 15 is 0 Å². The lowest BCUT2D eigenvalue weighted by Gasteiger charge is -2.34. The minimum absolute atomic E-state index is 0.00885. The van der Waals surface area contributed by atoms with Crippen LogP contribution in [0.25, 0.3) is 11.2 Å². The smallest absolute Gasteiger partial charge is 0.289 e. The number of carbonyl (C=O) groups is 1. The van der Waals surface area contributed by atoms with E-state index in [1.165, 1.54) is 12.6 Å². The Morgan fingerprint density at radius 2 is 1.61 bits per heavy atom. The third-order valence-electron chi connectivity index (χ3n) is 8.66. The summed E-state index contributed by atoms with van der Waals surface area (Å²) in [5, 5.41) is 34.5. The molecule has 13 heteroatoms. The molecule has 5 aromatic rings. The monoisotopic (exact) mass is 625 g/mol. The molecule has 46 heavy (non-hydrogen) atoms. The Morgan fingerprint density at radius 1 is 0.913 bits per heavy atom. The van der Waals surface area contributed by atoms with Crippen molar-refractivity contribution in [3.63, 3.8) is 0 Å². The van der Waals surface area contributed by atoms with Gasteiger partial charge in [-0.25, -0.2) is 4.98 Å². The van der Waals surface area contributed by atoms with Crippen LogP contribution < -0.4 is 10.2 Å². The molecule has 0 radical (unpaired) electrons. The van der Waals surface area contributed by atoms with Crippen LogP contribution in [0.15, 0.2) is 89.8 Å². The summed E-state index contributed by atoms with van der Waals surface area (Å²) in [7, 11) is 0. The van der Waals surface area contributed by atoms with Gasteiger partial charge in [-0.1, -0.05) is 60.7 Å². The Morgan fingerprint density at radius 3 is 2.22 bits per heavy atom. The first-order valence-corrected chi connectivity index (χ1v) is 15.3. The molecule has 0 saturated carbocycles. The van der Waals surface area contributed by atoms with Gasteiger partial charge in [-0.3, -0.25) is 9.36 Å². The summed E-state index contributed by atoms with van der Waals surface area (Å²) in [6.07, 6.45) is -1.56. The molecule has 7 rings (SSSR count). The minimum Gasteiger partial charge on any atom is -0.459 e. The number of aliphatic hydroxyl groups is 3. The van der Waals surface area contributed by atoms with Crippen LogP contribution in [0.5, 0.6) is 0 Å². The number of anilines is 2. The quantitative estimate of drug-likeness (QED) is 0.190. The third-order valence-corrected chi connectivity index (χ3v) is 8.66. The van der Waals surface area contributed by atoms with Crippen molar-refractivity contribution in [2.75, 3.05) is 49.5 Å². The first-order valence-electron chi connectivity index (χ1n) is 15.3. The number of rotatable bonds is 9. The second kappa shape index (κ2) is 12.9. The van der Waals surface area contributed by atoms with E-state index in [1.54, 1.807) is 21.6 Å². The molecule has 0 bridgehead atoms. The molecule has 0 spiro atoms. The topological polar surface area (TPSA) is 162 Å². The van der Waals surface area contributed by atoms with Crippen LogP contribution in [0.1, 0.15) is 33.8 Å². The molecule has 4 atom stereocenters. The summed E-state index contributed by atoms with van der Waals surface area (Å²) in [5.74, 6) is 1.06. The van der Waals surface area contributed by atoms with Crippen molar-refractivity contribution in [2.45, 2.75) is 30.5 Å². The van der Waals surface area contributed by atoms with Crippen molar-refractivity contribution >= 4 is 28.8 Å². The van der Waals surface area contributed by atoms with Gasteiger partial charge in [0.2, 0.25) is 5.95 Å². The summed E-state index contributed by atoms with van der Waals surface area (Å²) >= 11 is 0. The van der Waals surface area contributed by atoms with E-state index in [-0.39, 0.29) is 11.8 Å².